The Labute approximate surface area is 131 Å². The van der Waals surface area contributed by atoms with E-state index >= 15 is 0 Å². The van der Waals surface area contributed by atoms with Crippen LogP contribution in [-0.2, 0) is 44.2 Å². The average Bonchev–Trinajstić information content (AvgIpc) is 2.28. The highest BCUT2D eigenvalue weighted by Crippen LogP contribution is 2.21. The summed E-state index contributed by atoms with van der Waals surface area (Å²) in [6.07, 6.45) is -5.58. The van der Waals surface area contributed by atoms with E-state index in [0.29, 0.717) is 0 Å². The lowest BCUT2D eigenvalue weighted by Gasteiger charge is -2.38. The van der Waals surface area contributed by atoms with Gasteiger partial charge in [-0.25, -0.2) is 8.37 Å². The monoisotopic (exact) mass is 403 g/mol. The maximum atomic E-state index is 10.8. The molecule has 0 amide bonds. The molecule has 138 valence electrons. The Bertz CT molecular complexity index is 711. The molecule has 2 unspecified atom stereocenters. The van der Waals surface area contributed by atoms with Crippen LogP contribution >= 0.6 is 0 Å². The molecule has 14 nitrogen and oxygen atoms in total. The van der Waals surface area contributed by atoms with Crippen LogP contribution in [0.1, 0.15) is 0 Å². The van der Waals surface area contributed by atoms with Crippen LogP contribution in [0.2, 0.25) is 0 Å². The van der Waals surface area contributed by atoms with Crippen molar-refractivity contribution in [1.29, 1.82) is 0 Å². The van der Waals surface area contributed by atoms with Crippen LogP contribution in [0.3, 0.4) is 0 Å². The lowest BCUT2D eigenvalue weighted by molar-refractivity contribution is -0.149. The first-order valence-corrected chi connectivity index (χ1v) is 9.67. The van der Waals surface area contributed by atoms with Gasteiger partial charge in [-0.2, -0.15) is 30.0 Å². The Morgan fingerprint density at radius 3 is 2.04 bits per heavy atom. The number of ether oxygens (including phenoxy) is 1. The van der Waals surface area contributed by atoms with Gasteiger partial charge < -0.3 is 9.84 Å². The smallest absolute Gasteiger partial charge is 0.387 e. The highest BCUT2D eigenvalue weighted by atomic mass is 32.3. The fraction of sp³-hybridized carbons (Fsp3) is 1.00. The third-order valence-corrected chi connectivity index (χ3v) is 4.02. The van der Waals surface area contributed by atoms with Crippen molar-refractivity contribution in [2.75, 3.05) is 13.2 Å². The second-order valence-electron chi connectivity index (χ2n) is 4.26. The molecule has 1 saturated heterocycles. The van der Waals surface area contributed by atoms with Crippen molar-refractivity contribution in [2.24, 2.45) is 0 Å². The van der Waals surface area contributed by atoms with Crippen LogP contribution in [0.25, 0.3) is 0 Å². The van der Waals surface area contributed by atoms with Gasteiger partial charge in [0.15, 0.2) is 0 Å². The molecule has 0 aromatic carbocycles. The van der Waals surface area contributed by atoms with Crippen molar-refractivity contribution in [2.45, 2.75) is 24.4 Å². The fourth-order valence-electron chi connectivity index (χ4n) is 1.73. The molecule has 0 radical (unpaired) electrons. The van der Waals surface area contributed by atoms with Crippen LogP contribution < -0.4 is 4.72 Å². The molecule has 1 heterocycles. The van der Waals surface area contributed by atoms with E-state index in [1.54, 1.807) is 0 Å². The minimum atomic E-state index is -5.15. The molecule has 0 spiro atoms. The molecular formula is C6H13NO13S3. The SMILES string of the molecule is O=S(=O)(O)NC1COC(COS(=O)(=O)O)[C@H](O)[C@@H]1OS(=O)(=O)O. The first-order chi connectivity index (χ1) is 10.2. The second-order valence-corrected chi connectivity index (χ2v) is 7.59. The molecule has 0 aromatic heterocycles. The molecular weight excluding hydrogens is 390 g/mol. The van der Waals surface area contributed by atoms with E-state index in [4.69, 9.17) is 18.4 Å². The van der Waals surface area contributed by atoms with Gasteiger partial charge in [-0.1, -0.05) is 0 Å². The van der Waals surface area contributed by atoms with Gasteiger partial charge in [-0.05, 0) is 0 Å². The van der Waals surface area contributed by atoms with Gasteiger partial charge in [0.05, 0.1) is 19.3 Å². The zero-order chi connectivity index (χ0) is 18.1. The highest BCUT2D eigenvalue weighted by molar-refractivity contribution is 7.83. The minimum absolute atomic E-state index is 0.698. The Kier molecular flexibility index (Phi) is 6.43. The summed E-state index contributed by atoms with van der Waals surface area (Å²) in [6, 6.07) is -1.65. The summed E-state index contributed by atoms with van der Waals surface area (Å²) in [6.45, 7) is -1.67. The van der Waals surface area contributed by atoms with Gasteiger partial charge in [-0.3, -0.25) is 13.7 Å². The molecule has 4 atom stereocenters. The van der Waals surface area contributed by atoms with Crippen LogP contribution in [0.4, 0.5) is 0 Å². The lowest BCUT2D eigenvalue weighted by Crippen LogP contribution is -2.61. The molecule has 1 aliphatic heterocycles. The van der Waals surface area contributed by atoms with E-state index in [1.807, 2.05) is 0 Å². The first-order valence-electron chi connectivity index (χ1n) is 5.50. The van der Waals surface area contributed by atoms with E-state index in [2.05, 4.69) is 8.37 Å². The second kappa shape index (κ2) is 7.19. The van der Waals surface area contributed by atoms with Crippen molar-refractivity contribution in [1.82, 2.24) is 4.72 Å². The predicted molar refractivity (Wildman–Crippen MR) is 68.1 cm³/mol. The molecule has 0 aliphatic carbocycles. The summed E-state index contributed by atoms with van der Waals surface area (Å²) in [5.74, 6) is 0. The summed E-state index contributed by atoms with van der Waals surface area (Å²) in [4.78, 5) is 0. The molecule has 5 N–H and O–H groups in total. The Morgan fingerprint density at radius 1 is 1.04 bits per heavy atom. The number of nitrogens with one attached hydrogen (secondary N) is 1. The number of aliphatic hydroxyl groups is 1. The number of hydrogen-bond acceptors (Lipinski definition) is 10. The maximum Gasteiger partial charge on any atom is 0.397 e. The summed E-state index contributed by atoms with van der Waals surface area (Å²) >= 11 is 0. The number of hydrogen-bond donors (Lipinski definition) is 5. The molecule has 17 heteroatoms. The Hall–Kier alpha value is -0.470. The fourth-order valence-corrected chi connectivity index (χ4v) is 3.15. The van der Waals surface area contributed by atoms with Crippen molar-refractivity contribution < 1.29 is 57.1 Å². The Balaban J connectivity index is 2.95. The number of aliphatic hydroxyl groups excluding tert-OH is 1. The molecule has 23 heavy (non-hydrogen) atoms. The van der Waals surface area contributed by atoms with E-state index in [1.165, 1.54) is 4.72 Å². The standard InChI is InChI=1S/C6H13NO13S3/c8-5-4(2-19-22(12,13)14)18-1-3(7-21(9,10)11)6(5)20-23(15,16)17/h3-8H,1-2H2,(H,9,10,11)(H,12,13,14)(H,15,16,17)/t3?,4?,5-,6+/m0/s1. The van der Waals surface area contributed by atoms with Crippen LogP contribution in [0.15, 0.2) is 0 Å². The van der Waals surface area contributed by atoms with Gasteiger partial charge in [0.2, 0.25) is 0 Å². The minimum Gasteiger partial charge on any atom is -0.387 e. The molecule has 1 aliphatic rings. The highest BCUT2D eigenvalue weighted by Gasteiger charge is 2.44. The summed E-state index contributed by atoms with van der Waals surface area (Å²) in [7, 11) is -14.9. The molecule has 0 saturated carbocycles. The molecule has 1 rings (SSSR count). The summed E-state index contributed by atoms with van der Waals surface area (Å²) in [5, 5.41) is 9.86. The van der Waals surface area contributed by atoms with Crippen molar-refractivity contribution in [3.8, 4) is 0 Å². The average molecular weight is 403 g/mol. The molecule has 0 aromatic rings. The van der Waals surface area contributed by atoms with Crippen molar-refractivity contribution in [3.05, 3.63) is 0 Å². The summed E-state index contributed by atoms with van der Waals surface area (Å²) < 4.78 is 104. The van der Waals surface area contributed by atoms with E-state index in [-0.39, 0.29) is 0 Å². The first kappa shape index (κ1) is 20.6. The zero-order valence-electron chi connectivity index (χ0n) is 10.9. The van der Waals surface area contributed by atoms with Crippen molar-refractivity contribution >= 4 is 31.1 Å². The van der Waals surface area contributed by atoms with E-state index in [9.17, 15) is 30.4 Å². The topological polar surface area (TPSA) is 223 Å². The van der Waals surface area contributed by atoms with Gasteiger partial charge in [0.25, 0.3) is 0 Å². The zero-order valence-corrected chi connectivity index (χ0v) is 13.4. The maximum absolute atomic E-state index is 10.8. The van der Waals surface area contributed by atoms with Gasteiger partial charge >= 0.3 is 31.1 Å². The van der Waals surface area contributed by atoms with Gasteiger partial charge in [-0.15, -0.1) is 0 Å². The molecule has 1 fully saturated rings. The van der Waals surface area contributed by atoms with Gasteiger partial charge in [0.1, 0.15) is 18.3 Å². The largest absolute Gasteiger partial charge is 0.397 e. The molecule has 0 bridgehead atoms. The van der Waals surface area contributed by atoms with Crippen LogP contribution in [0, 0.1) is 0 Å². The third-order valence-electron chi connectivity index (χ3n) is 2.52. The summed E-state index contributed by atoms with van der Waals surface area (Å²) in [5.41, 5.74) is 0. The lowest BCUT2D eigenvalue weighted by atomic mass is 9.99. The Morgan fingerprint density at radius 2 is 1.61 bits per heavy atom. The van der Waals surface area contributed by atoms with E-state index < -0.39 is 68.7 Å². The number of rotatable bonds is 7. The van der Waals surface area contributed by atoms with E-state index in [0.717, 1.165) is 0 Å². The van der Waals surface area contributed by atoms with Crippen molar-refractivity contribution in [3.63, 3.8) is 0 Å². The third kappa shape index (κ3) is 7.76. The quantitative estimate of drug-likeness (QED) is 0.261. The predicted octanol–water partition coefficient (Wildman–Crippen LogP) is -3.49. The van der Waals surface area contributed by atoms with Crippen LogP contribution in [0.5, 0.6) is 0 Å². The normalized spacial score (nSPS) is 30.3. The van der Waals surface area contributed by atoms with Crippen LogP contribution in [-0.4, -0.2) is 81.6 Å². The van der Waals surface area contributed by atoms with Gasteiger partial charge in [0, 0.05) is 0 Å².